The average molecular weight is 279 g/mol. The first-order valence-electron chi connectivity index (χ1n) is 6.97. The molecule has 2 fully saturated rings. The van der Waals surface area contributed by atoms with Crippen LogP contribution in [0.5, 0.6) is 0 Å². The molecule has 2 aliphatic rings. The number of carbonyl (C=O) groups is 1. The molecule has 5 heteroatoms. The molecule has 1 N–H and O–H groups in total. The fourth-order valence-electron chi connectivity index (χ4n) is 2.95. The molecule has 0 amide bonds. The summed E-state index contributed by atoms with van der Waals surface area (Å²) >= 11 is 0. The SMILES string of the molecule is O=C(O)Cc1ccc([C@@H]2C[C@H]2N2CCOCC2)cc1F. The van der Waals surface area contributed by atoms with Gasteiger partial charge in [-0.1, -0.05) is 12.1 Å². The van der Waals surface area contributed by atoms with Crippen molar-refractivity contribution in [3.05, 3.63) is 35.1 Å². The normalized spacial score (nSPS) is 26.4. The molecule has 1 aliphatic carbocycles. The lowest BCUT2D eigenvalue weighted by Gasteiger charge is -2.27. The molecule has 108 valence electrons. The van der Waals surface area contributed by atoms with Crippen LogP contribution in [-0.2, 0) is 16.0 Å². The average Bonchev–Trinajstić information content (AvgIpc) is 3.22. The largest absolute Gasteiger partial charge is 0.481 e. The summed E-state index contributed by atoms with van der Waals surface area (Å²) in [6, 6.07) is 5.46. The van der Waals surface area contributed by atoms with Crippen molar-refractivity contribution in [2.24, 2.45) is 0 Å². The minimum absolute atomic E-state index is 0.254. The van der Waals surface area contributed by atoms with Crippen LogP contribution in [-0.4, -0.2) is 48.3 Å². The zero-order valence-corrected chi connectivity index (χ0v) is 11.2. The van der Waals surface area contributed by atoms with Gasteiger partial charge in [-0.15, -0.1) is 0 Å². The molecule has 1 saturated heterocycles. The second kappa shape index (κ2) is 5.50. The summed E-state index contributed by atoms with van der Waals surface area (Å²) in [5.74, 6) is -1.03. The van der Waals surface area contributed by atoms with E-state index in [1.165, 1.54) is 6.07 Å². The number of carboxylic acids is 1. The molecule has 3 rings (SSSR count). The van der Waals surface area contributed by atoms with Crippen LogP contribution in [0.25, 0.3) is 0 Å². The molecule has 1 aromatic rings. The third-order valence-electron chi connectivity index (χ3n) is 4.12. The van der Waals surface area contributed by atoms with Crippen molar-refractivity contribution < 1.29 is 19.0 Å². The van der Waals surface area contributed by atoms with Crippen molar-refractivity contribution in [1.82, 2.24) is 4.90 Å². The second-order valence-electron chi connectivity index (χ2n) is 5.48. The maximum absolute atomic E-state index is 13.9. The number of aliphatic carboxylic acids is 1. The van der Waals surface area contributed by atoms with E-state index in [-0.39, 0.29) is 12.0 Å². The van der Waals surface area contributed by atoms with Gasteiger partial charge in [-0.25, -0.2) is 4.39 Å². The molecule has 1 heterocycles. The third kappa shape index (κ3) is 2.83. The number of ether oxygens (including phenoxy) is 1. The lowest BCUT2D eigenvalue weighted by atomic mass is 10.0. The lowest BCUT2D eigenvalue weighted by molar-refractivity contribution is -0.136. The highest BCUT2D eigenvalue weighted by Crippen LogP contribution is 2.45. The Hall–Kier alpha value is -1.46. The van der Waals surface area contributed by atoms with Crippen molar-refractivity contribution >= 4 is 5.97 Å². The Morgan fingerprint density at radius 1 is 1.40 bits per heavy atom. The topological polar surface area (TPSA) is 49.8 Å². The predicted octanol–water partition coefficient (Wildman–Crippen LogP) is 1.64. The molecular weight excluding hydrogens is 261 g/mol. The van der Waals surface area contributed by atoms with Crippen molar-refractivity contribution in [1.29, 1.82) is 0 Å². The molecule has 2 atom stereocenters. The van der Waals surface area contributed by atoms with Crippen LogP contribution in [0.4, 0.5) is 4.39 Å². The van der Waals surface area contributed by atoms with Crippen LogP contribution in [0.3, 0.4) is 0 Å². The van der Waals surface area contributed by atoms with Crippen LogP contribution < -0.4 is 0 Å². The Labute approximate surface area is 117 Å². The van der Waals surface area contributed by atoms with E-state index >= 15 is 0 Å². The van der Waals surface area contributed by atoms with Gasteiger partial charge in [-0.3, -0.25) is 9.69 Å². The van der Waals surface area contributed by atoms with Gasteiger partial charge in [0.15, 0.2) is 0 Å². The van der Waals surface area contributed by atoms with Crippen molar-refractivity contribution in [3.8, 4) is 0 Å². The Morgan fingerprint density at radius 3 is 2.80 bits per heavy atom. The predicted molar refractivity (Wildman–Crippen MR) is 71.3 cm³/mol. The molecular formula is C15H18FNO3. The number of hydrogen-bond acceptors (Lipinski definition) is 3. The van der Waals surface area contributed by atoms with Crippen LogP contribution in [0, 0.1) is 5.82 Å². The Bertz CT molecular complexity index is 514. The van der Waals surface area contributed by atoms with E-state index in [1.807, 2.05) is 6.07 Å². The lowest BCUT2D eigenvalue weighted by Crippen LogP contribution is -2.38. The standard InChI is InChI=1S/C15H18FNO3/c16-13-7-10(1-2-11(13)8-15(18)19)12-9-14(12)17-3-5-20-6-4-17/h1-2,7,12,14H,3-6,8-9H2,(H,18,19)/t12-,14+/m0/s1. The Balaban J connectivity index is 1.66. The highest BCUT2D eigenvalue weighted by atomic mass is 19.1. The minimum Gasteiger partial charge on any atom is -0.481 e. The molecule has 1 aliphatic heterocycles. The summed E-state index contributed by atoms with van der Waals surface area (Å²) in [6.45, 7) is 3.44. The van der Waals surface area contributed by atoms with Gasteiger partial charge in [0.1, 0.15) is 5.82 Å². The van der Waals surface area contributed by atoms with Gasteiger partial charge in [0, 0.05) is 25.0 Å². The quantitative estimate of drug-likeness (QED) is 0.910. The summed E-state index contributed by atoms with van der Waals surface area (Å²) in [6.07, 6.45) is 0.793. The van der Waals surface area contributed by atoms with E-state index in [2.05, 4.69) is 4.90 Å². The molecule has 1 saturated carbocycles. The minimum atomic E-state index is -1.01. The van der Waals surface area contributed by atoms with Crippen LogP contribution in [0.1, 0.15) is 23.5 Å². The fraction of sp³-hybridized carbons (Fsp3) is 0.533. The van der Waals surface area contributed by atoms with Crippen molar-refractivity contribution in [2.45, 2.75) is 24.8 Å². The van der Waals surface area contributed by atoms with Crippen LogP contribution >= 0.6 is 0 Å². The van der Waals surface area contributed by atoms with E-state index in [9.17, 15) is 9.18 Å². The first kappa shape index (κ1) is 13.5. The maximum atomic E-state index is 13.9. The van der Waals surface area contributed by atoms with Gasteiger partial charge in [0.2, 0.25) is 0 Å². The van der Waals surface area contributed by atoms with E-state index in [4.69, 9.17) is 9.84 Å². The van der Waals surface area contributed by atoms with E-state index < -0.39 is 11.8 Å². The zero-order chi connectivity index (χ0) is 14.1. The van der Waals surface area contributed by atoms with Gasteiger partial charge in [-0.2, -0.15) is 0 Å². The highest BCUT2D eigenvalue weighted by molar-refractivity contribution is 5.70. The van der Waals surface area contributed by atoms with E-state index in [1.54, 1.807) is 6.07 Å². The van der Waals surface area contributed by atoms with Gasteiger partial charge >= 0.3 is 5.97 Å². The Morgan fingerprint density at radius 2 is 2.15 bits per heavy atom. The van der Waals surface area contributed by atoms with Crippen LogP contribution in [0.15, 0.2) is 18.2 Å². The summed E-state index contributed by atoms with van der Waals surface area (Å²) in [7, 11) is 0. The number of benzene rings is 1. The number of rotatable bonds is 4. The molecule has 1 aromatic carbocycles. The molecule has 4 nitrogen and oxygen atoms in total. The van der Waals surface area contributed by atoms with Crippen LogP contribution in [0.2, 0.25) is 0 Å². The molecule has 20 heavy (non-hydrogen) atoms. The number of carboxylic acid groups (broad SMARTS) is 1. The zero-order valence-electron chi connectivity index (χ0n) is 11.2. The monoisotopic (exact) mass is 279 g/mol. The van der Waals surface area contributed by atoms with Gasteiger partial charge in [0.25, 0.3) is 0 Å². The van der Waals surface area contributed by atoms with Crippen molar-refractivity contribution in [3.63, 3.8) is 0 Å². The smallest absolute Gasteiger partial charge is 0.307 e. The molecule has 0 spiro atoms. The molecule has 0 bridgehead atoms. The maximum Gasteiger partial charge on any atom is 0.307 e. The second-order valence-corrected chi connectivity index (χ2v) is 5.48. The summed E-state index contributed by atoms with van der Waals surface area (Å²) in [5.41, 5.74) is 1.23. The number of morpholine rings is 1. The molecule has 0 radical (unpaired) electrons. The molecule has 0 aromatic heterocycles. The fourth-order valence-corrected chi connectivity index (χ4v) is 2.95. The summed E-state index contributed by atoms with van der Waals surface area (Å²) in [4.78, 5) is 13.0. The third-order valence-corrected chi connectivity index (χ3v) is 4.12. The highest BCUT2D eigenvalue weighted by Gasteiger charge is 2.43. The summed E-state index contributed by atoms with van der Waals surface area (Å²) < 4.78 is 19.2. The van der Waals surface area contributed by atoms with E-state index in [0.717, 1.165) is 38.3 Å². The number of hydrogen-bond donors (Lipinski definition) is 1. The van der Waals surface area contributed by atoms with Gasteiger partial charge < -0.3 is 9.84 Å². The number of halogens is 1. The number of nitrogens with zero attached hydrogens (tertiary/aromatic N) is 1. The van der Waals surface area contributed by atoms with E-state index in [0.29, 0.717) is 12.0 Å². The van der Waals surface area contributed by atoms with Gasteiger partial charge in [0.05, 0.1) is 19.6 Å². The molecule has 0 unspecified atom stereocenters. The van der Waals surface area contributed by atoms with Gasteiger partial charge in [-0.05, 0) is 23.6 Å². The first-order valence-corrected chi connectivity index (χ1v) is 6.97. The summed E-state index contributed by atoms with van der Waals surface area (Å²) in [5, 5.41) is 8.71. The Kier molecular flexibility index (Phi) is 3.72. The van der Waals surface area contributed by atoms with Crippen molar-refractivity contribution in [2.75, 3.05) is 26.3 Å². The first-order chi connectivity index (χ1) is 9.65.